The minimum Gasteiger partial charge on any atom is -0.258 e. The topological polar surface area (TPSA) is 80.5 Å². The third kappa shape index (κ3) is 4.90. The molecule has 1 fully saturated rings. The molecule has 0 N–H and O–H groups in total. The molecule has 27 heavy (non-hydrogen) atoms. The minimum absolute atomic E-state index is 0.0790. The van der Waals surface area contributed by atoms with Crippen LogP contribution in [-0.2, 0) is 10.0 Å². The maximum Gasteiger partial charge on any atom is 0.270 e. The summed E-state index contributed by atoms with van der Waals surface area (Å²) in [5, 5.41) is 12.0. The lowest BCUT2D eigenvalue weighted by Gasteiger charge is -2.26. The fourth-order valence-electron chi connectivity index (χ4n) is 2.54. The van der Waals surface area contributed by atoms with Gasteiger partial charge in [-0.3, -0.25) is 10.1 Å². The SMILES string of the molecule is O=[N+]([O-])c1ccc(Sc2cc(Cl)cc(Cl)c2)c(S(=O)(=O)N2CCSCC2)c1. The second-order valence-electron chi connectivity index (χ2n) is 5.61. The normalized spacial score (nSPS) is 15.6. The average Bonchev–Trinajstić information content (AvgIpc) is 2.61. The smallest absolute Gasteiger partial charge is 0.258 e. The molecule has 0 saturated carbocycles. The van der Waals surface area contributed by atoms with Crippen LogP contribution in [0.15, 0.2) is 51.1 Å². The molecule has 2 aromatic rings. The Morgan fingerprint density at radius 1 is 1.07 bits per heavy atom. The molecule has 1 heterocycles. The average molecular weight is 465 g/mol. The van der Waals surface area contributed by atoms with Crippen LogP contribution < -0.4 is 0 Å². The van der Waals surface area contributed by atoms with Gasteiger partial charge < -0.3 is 0 Å². The van der Waals surface area contributed by atoms with E-state index in [-0.39, 0.29) is 10.6 Å². The zero-order chi connectivity index (χ0) is 19.6. The number of nitro groups is 1. The van der Waals surface area contributed by atoms with E-state index in [0.717, 1.165) is 17.8 Å². The Labute approximate surface area is 175 Å². The number of non-ortho nitro benzene ring substituents is 1. The summed E-state index contributed by atoms with van der Waals surface area (Å²) < 4.78 is 27.6. The minimum atomic E-state index is -3.86. The van der Waals surface area contributed by atoms with Gasteiger partial charge in [-0.15, -0.1) is 0 Å². The van der Waals surface area contributed by atoms with E-state index < -0.39 is 14.9 Å². The van der Waals surface area contributed by atoms with Crippen LogP contribution in [-0.4, -0.2) is 42.2 Å². The molecule has 3 rings (SSSR count). The van der Waals surface area contributed by atoms with Gasteiger partial charge in [0, 0.05) is 56.6 Å². The summed E-state index contributed by atoms with van der Waals surface area (Å²) in [6, 6.07) is 8.75. The molecule has 0 aliphatic carbocycles. The van der Waals surface area contributed by atoms with Crippen molar-refractivity contribution < 1.29 is 13.3 Å². The van der Waals surface area contributed by atoms with Crippen molar-refractivity contribution in [2.24, 2.45) is 0 Å². The molecule has 0 atom stereocenters. The van der Waals surface area contributed by atoms with Crippen molar-refractivity contribution in [3.63, 3.8) is 0 Å². The third-order valence-corrected chi connectivity index (χ3v) is 8.28. The highest BCUT2D eigenvalue weighted by molar-refractivity contribution is 8.00. The first-order chi connectivity index (χ1) is 12.8. The van der Waals surface area contributed by atoms with E-state index in [1.54, 1.807) is 30.0 Å². The third-order valence-electron chi connectivity index (χ3n) is 3.79. The van der Waals surface area contributed by atoms with Crippen molar-refractivity contribution in [3.8, 4) is 0 Å². The lowest BCUT2D eigenvalue weighted by Crippen LogP contribution is -2.38. The first-order valence-electron chi connectivity index (χ1n) is 7.77. The summed E-state index contributed by atoms with van der Waals surface area (Å²) in [6.45, 7) is 0.756. The van der Waals surface area contributed by atoms with Gasteiger partial charge in [0.25, 0.3) is 5.69 Å². The van der Waals surface area contributed by atoms with Gasteiger partial charge in [-0.2, -0.15) is 16.1 Å². The molecule has 0 amide bonds. The molecule has 0 unspecified atom stereocenters. The van der Waals surface area contributed by atoms with Gasteiger partial charge in [0.15, 0.2) is 0 Å². The van der Waals surface area contributed by atoms with Crippen molar-refractivity contribution >= 4 is 62.4 Å². The van der Waals surface area contributed by atoms with Crippen LogP contribution >= 0.6 is 46.7 Å². The van der Waals surface area contributed by atoms with Crippen LogP contribution in [0.1, 0.15) is 0 Å². The molecule has 1 saturated heterocycles. The Morgan fingerprint density at radius 2 is 1.70 bits per heavy atom. The van der Waals surface area contributed by atoms with Crippen molar-refractivity contribution in [2.45, 2.75) is 14.7 Å². The zero-order valence-corrected chi connectivity index (χ0v) is 17.8. The second kappa shape index (κ2) is 8.59. The molecule has 11 heteroatoms. The lowest BCUT2D eigenvalue weighted by atomic mass is 10.3. The predicted octanol–water partition coefficient (Wildman–Crippen LogP) is 4.79. The van der Waals surface area contributed by atoms with Gasteiger partial charge in [0.2, 0.25) is 10.0 Å². The van der Waals surface area contributed by atoms with Gasteiger partial charge in [-0.1, -0.05) is 35.0 Å². The summed E-state index contributed by atoms with van der Waals surface area (Å²) in [6.07, 6.45) is 0. The van der Waals surface area contributed by atoms with E-state index in [2.05, 4.69) is 0 Å². The number of rotatable bonds is 5. The molecule has 1 aliphatic rings. The van der Waals surface area contributed by atoms with Crippen LogP contribution in [0.4, 0.5) is 5.69 Å². The van der Waals surface area contributed by atoms with E-state index in [4.69, 9.17) is 23.2 Å². The number of hydrogen-bond acceptors (Lipinski definition) is 6. The first kappa shape index (κ1) is 20.8. The monoisotopic (exact) mass is 464 g/mol. The maximum absolute atomic E-state index is 13.1. The summed E-state index contributed by atoms with van der Waals surface area (Å²) in [7, 11) is -3.86. The Morgan fingerprint density at radius 3 is 2.30 bits per heavy atom. The molecular weight excluding hydrogens is 451 g/mol. The Bertz CT molecular complexity index is 959. The molecule has 2 aromatic carbocycles. The van der Waals surface area contributed by atoms with Crippen LogP contribution in [0, 0.1) is 10.1 Å². The van der Waals surface area contributed by atoms with Crippen molar-refractivity contribution in [3.05, 3.63) is 56.6 Å². The molecule has 0 spiro atoms. The van der Waals surface area contributed by atoms with Gasteiger partial charge in [-0.05, 0) is 24.3 Å². The van der Waals surface area contributed by atoms with E-state index in [0.29, 0.717) is 44.4 Å². The summed E-state index contributed by atoms with van der Waals surface area (Å²) in [5.74, 6) is 1.39. The van der Waals surface area contributed by atoms with Gasteiger partial charge in [0.1, 0.15) is 4.90 Å². The van der Waals surface area contributed by atoms with Crippen LogP contribution in [0.2, 0.25) is 10.0 Å². The lowest BCUT2D eigenvalue weighted by molar-refractivity contribution is -0.385. The number of hydrogen-bond donors (Lipinski definition) is 0. The van der Waals surface area contributed by atoms with Crippen LogP contribution in [0.3, 0.4) is 0 Å². The Balaban J connectivity index is 2.06. The highest BCUT2D eigenvalue weighted by atomic mass is 35.5. The molecule has 0 bridgehead atoms. The Hall–Kier alpha value is -0.970. The summed E-state index contributed by atoms with van der Waals surface area (Å²) in [5.41, 5.74) is -0.270. The maximum atomic E-state index is 13.1. The van der Waals surface area contributed by atoms with Crippen molar-refractivity contribution in [2.75, 3.05) is 24.6 Å². The number of halogens is 2. The van der Waals surface area contributed by atoms with Crippen molar-refractivity contribution in [1.29, 1.82) is 0 Å². The van der Waals surface area contributed by atoms with E-state index in [1.165, 1.54) is 16.4 Å². The quantitative estimate of drug-likeness (QED) is 0.467. The van der Waals surface area contributed by atoms with E-state index in [9.17, 15) is 18.5 Å². The number of benzene rings is 2. The van der Waals surface area contributed by atoms with Crippen molar-refractivity contribution in [1.82, 2.24) is 4.31 Å². The van der Waals surface area contributed by atoms with Gasteiger partial charge >= 0.3 is 0 Å². The number of thioether (sulfide) groups is 1. The fraction of sp³-hybridized carbons (Fsp3) is 0.250. The van der Waals surface area contributed by atoms with Gasteiger partial charge in [0.05, 0.1) is 4.92 Å². The van der Waals surface area contributed by atoms with Crippen LogP contribution in [0.25, 0.3) is 0 Å². The fourth-order valence-corrected chi connectivity index (χ4v) is 7.22. The van der Waals surface area contributed by atoms with Gasteiger partial charge in [-0.25, -0.2) is 8.42 Å². The van der Waals surface area contributed by atoms with Crippen LogP contribution in [0.5, 0.6) is 0 Å². The Kier molecular flexibility index (Phi) is 6.60. The highest BCUT2D eigenvalue weighted by Gasteiger charge is 2.30. The standard InChI is InChI=1S/C16H14Cl2N2O4S3/c17-11-7-12(18)9-14(8-11)26-15-2-1-13(20(21)22)10-16(15)27(23,24)19-3-5-25-6-4-19/h1-2,7-10H,3-6H2. The number of nitrogens with zero attached hydrogens (tertiary/aromatic N) is 2. The first-order valence-corrected chi connectivity index (χ1v) is 11.9. The number of nitro benzene ring substituents is 1. The molecule has 0 aromatic heterocycles. The molecule has 6 nitrogen and oxygen atoms in total. The molecule has 1 aliphatic heterocycles. The largest absolute Gasteiger partial charge is 0.270 e. The molecule has 144 valence electrons. The predicted molar refractivity (Wildman–Crippen MR) is 110 cm³/mol. The second-order valence-corrected chi connectivity index (χ2v) is 10.7. The highest BCUT2D eigenvalue weighted by Crippen LogP contribution is 2.38. The van der Waals surface area contributed by atoms with E-state index >= 15 is 0 Å². The summed E-state index contributed by atoms with van der Waals surface area (Å²) >= 11 is 14.9. The summed E-state index contributed by atoms with van der Waals surface area (Å²) in [4.78, 5) is 11.5. The number of sulfonamides is 1. The molecule has 0 radical (unpaired) electrons. The zero-order valence-electron chi connectivity index (χ0n) is 13.8. The van der Waals surface area contributed by atoms with E-state index in [1.807, 2.05) is 0 Å². The molecular formula is C16H14Cl2N2O4S3.